The van der Waals surface area contributed by atoms with Crippen molar-refractivity contribution < 1.29 is 9.90 Å². The molecule has 0 bridgehead atoms. The highest BCUT2D eigenvalue weighted by molar-refractivity contribution is 5.94. The molecule has 2 N–H and O–H groups in total. The molecule has 160 valence electrons. The minimum absolute atomic E-state index is 0.0165. The van der Waals surface area contributed by atoms with E-state index in [2.05, 4.69) is 29.8 Å². The summed E-state index contributed by atoms with van der Waals surface area (Å²) in [6.07, 6.45) is 5.22. The SMILES string of the molecule is CCN1CC[C@]2(c3cccc(O)c3)Cc3[nH]c(C(=O)N4CCCC4)c(C)c3C[C@H]2C1. The fraction of sp³-hybridized carbons (Fsp3) is 0.560. The molecule has 2 aliphatic heterocycles. The second kappa shape index (κ2) is 7.45. The Morgan fingerprint density at radius 1 is 1.27 bits per heavy atom. The highest BCUT2D eigenvalue weighted by atomic mass is 16.3. The lowest BCUT2D eigenvalue weighted by Gasteiger charge is -2.51. The number of aromatic nitrogens is 1. The molecule has 5 nitrogen and oxygen atoms in total. The quantitative estimate of drug-likeness (QED) is 0.817. The highest BCUT2D eigenvalue weighted by Crippen LogP contribution is 2.49. The summed E-state index contributed by atoms with van der Waals surface area (Å²) in [7, 11) is 0. The van der Waals surface area contributed by atoms with Crippen molar-refractivity contribution in [3.8, 4) is 5.75 Å². The van der Waals surface area contributed by atoms with Gasteiger partial charge in [-0.25, -0.2) is 0 Å². The largest absolute Gasteiger partial charge is 0.508 e. The Bertz CT molecular complexity index is 959. The van der Waals surface area contributed by atoms with Crippen LogP contribution < -0.4 is 0 Å². The Morgan fingerprint density at radius 3 is 2.80 bits per heavy atom. The lowest BCUT2D eigenvalue weighted by atomic mass is 9.58. The summed E-state index contributed by atoms with van der Waals surface area (Å²) >= 11 is 0. The van der Waals surface area contributed by atoms with Crippen molar-refractivity contribution >= 4 is 5.91 Å². The lowest BCUT2D eigenvalue weighted by Crippen LogP contribution is -2.53. The Hall–Kier alpha value is -2.27. The smallest absolute Gasteiger partial charge is 0.270 e. The van der Waals surface area contributed by atoms with Crippen LogP contribution in [0, 0.1) is 12.8 Å². The number of H-pyrrole nitrogens is 1. The number of aromatic hydroxyl groups is 1. The van der Waals surface area contributed by atoms with E-state index in [1.54, 1.807) is 6.07 Å². The van der Waals surface area contributed by atoms with Crippen LogP contribution in [-0.2, 0) is 18.3 Å². The molecule has 2 atom stereocenters. The standard InChI is InChI=1S/C25H33N3O2/c1-3-27-12-9-25(18-7-6-8-20(29)13-18)15-22-21(14-19(25)16-27)17(2)23(26-22)24(30)28-10-4-5-11-28/h6-8,13,19,26,29H,3-5,9-12,14-16H2,1-2H3/t19-,25+/m0/s1. The number of fused-ring (bicyclic) bond motifs is 2. The molecule has 0 unspecified atom stereocenters. The molecule has 30 heavy (non-hydrogen) atoms. The van der Waals surface area contributed by atoms with Crippen molar-refractivity contribution in [1.82, 2.24) is 14.8 Å². The number of benzene rings is 1. The van der Waals surface area contributed by atoms with Gasteiger partial charge in [-0.3, -0.25) is 4.79 Å². The van der Waals surface area contributed by atoms with Gasteiger partial charge in [0.1, 0.15) is 11.4 Å². The van der Waals surface area contributed by atoms with E-state index in [0.29, 0.717) is 11.7 Å². The second-order valence-electron chi connectivity index (χ2n) is 9.51. The van der Waals surface area contributed by atoms with Crippen molar-refractivity contribution in [2.45, 2.75) is 51.4 Å². The molecular weight excluding hydrogens is 374 g/mol. The molecule has 0 spiro atoms. The number of aromatic amines is 1. The summed E-state index contributed by atoms with van der Waals surface area (Å²) in [6, 6.07) is 7.88. The lowest BCUT2D eigenvalue weighted by molar-refractivity contribution is 0.0786. The van der Waals surface area contributed by atoms with Crippen LogP contribution >= 0.6 is 0 Å². The van der Waals surface area contributed by atoms with Crippen molar-refractivity contribution in [2.24, 2.45) is 5.92 Å². The zero-order valence-electron chi connectivity index (χ0n) is 18.2. The molecule has 1 aliphatic carbocycles. The first-order valence-electron chi connectivity index (χ1n) is 11.5. The molecule has 5 rings (SSSR count). The van der Waals surface area contributed by atoms with Crippen LogP contribution in [0.3, 0.4) is 0 Å². The topological polar surface area (TPSA) is 59.6 Å². The minimum Gasteiger partial charge on any atom is -0.508 e. The zero-order chi connectivity index (χ0) is 20.9. The number of rotatable bonds is 3. The van der Waals surface area contributed by atoms with Gasteiger partial charge < -0.3 is 19.9 Å². The molecule has 1 amide bonds. The van der Waals surface area contributed by atoms with Gasteiger partial charge in [-0.1, -0.05) is 19.1 Å². The highest BCUT2D eigenvalue weighted by Gasteiger charge is 2.48. The Kier molecular flexibility index (Phi) is 4.89. The van der Waals surface area contributed by atoms with Crippen LogP contribution in [-0.4, -0.2) is 58.5 Å². The molecule has 3 aliphatic rings. The third-order valence-electron chi connectivity index (χ3n) is 8.02. The van der Waals surface area contributed by atoms with Gasteiger partial charge >= 0.3 is 0 Å². The predicted octanol–water partition coefficient (Wildman–Crippen LogP) is 3.64. The van der Waals surface area contributed by atoms with Gasteiger partial charge in [-0.05, 0) is 86.9 Å². The molecule has 1 aromatic carbocycles. The van der Waals surface area contributed by atoms with E-state index < -0.39 is 0 Å². The maximum atomic E-state index is 13.1. The van der Waals surface area contributed by atoms with Crippen molar-refractivity contribution in [3.05, 3.63) is 52.3 Å². The molecule has 5 heteroatoms. The van der Waals surface area contributed by atoms with Gasteiger partial charge in [0.25, 0.3) is 5.91 Å². The number of nitrogens with zero attached hydrogens (tertiary/aromatic N) is 2. The molecule has 3 heterocycles. The van der Waals surface area contributed by atoms with E-state index in [4.69, 9.17) is 0 Å². The second-order valence-corrected chi connectivity index (χ2v) is 9.51. The van der Waals surface area contributed by atoms with Gasteiger partial charge in [0, 0.05) is 30.7 Å². The summed E-state index contributed by atoms with van der Waals surface area (Å²) < 4.78 is 0. The van der Waals surface area contributed by atoms with Crippen LogP contribution in [0.2, 0.25) is 0 Å². The predicted molar refractivity (Wildman–Crippen MR) is 118 cm³/mol. The average molecular weight is 408 g/mol. The van der Waals surface area contributed by atoms with Crippen molar-refractivity contribution in [3.63, 3.8) is 0 Å². The first kappa shape index (κ1) is 19.7. The van der Waals surface area contributed by atoms with Gasteiger partial charge in [0.05, 0.1) is 0 Å². The maximum absolute atomic E-state index is 13.1. The molecule has 2 aromatic rings. The fourth-order valence-electron chi connectivity index (χ4n) is 6.20. The zero-order valence-corrected chi connectivity index (χ0v) is 18.2. The molecule has 2 fully saturated rings. The number of nitrogens with one attached hydrogen (secondary N) is 1. The molecule has 1 aromatic heterocycles. The normalized spacial score (nSPS) is 26.5. The number of amides is 1. The van der Waals surface area contributed by atoms with Crippen LogP contribution in [0.15, 0.2) is 24.3 Å². The summed E-state index contributed by atoms with van der Waals surface area (Å²) in [5.41, 5.74) is 5.81. The Labute approximate surface area is 179 Å². The fourth-order valence-corrected chi connectivity index (χ4v) is 6.20. The minimum atomic E-state index is 0.0165. The number of hydrogen-bond acceptors (Lipinski definition) is 3. The van der Waals surface area contributed by atoms with Crippen molar-refractivity contribution in [2.75, 3.05) is 32.7 Å². The number of carbonyl (C=O) groups is 1. The molecule has 0 saturated carbocycles. The van der Waals surface area contributed by atoms with Gasteiger partial charge in [-0.2, -0.15) is 0 Å². The van der Waals surface area contributed by atoms with Gasteiger partial charge in [-0.15, -0.1) is 0 Å². The van der Waals surface area contributed by atoms with Gasteiger partial charge in [0.15, 0.2) is 0 Å². The number of phenols is 1. The number of hydrogen-bond donors (Lipinski definition) is 2. The molecule has 2 saturated heterocycles. The number of piperidine rings is 1. The first-order chi connectivity index (χ1) is 14.5. The Balaban J connectivity index is 1.55. The van der Waals surface area contributed by atoms with Crippen LogP contribution in [0.25, 0.3) is 0 Å². The third-order valence-corrected chi connectivity index (χ3v) is 8.02. The van der Waals surface area contributed by atoms with E-state index in [1.807, 2.05) is 17.0 Å². The number of carbonyl (C=O) groups excluding carboxylic acids is 1. The third kappa shape index (κ3) is 3.06. The van der Waals surface area contributed by atoms with E-state index in [1.165, 1.54) is 16.8 Å². The van der Waals surface area contributed by atoms with E-state index in [0.717, 1.165) is 76.1 Å². The molecule has 0 radical (unpaired) electrons. The monoisotopic (exact) mass is 407 g/mol. The maximum Gasteiger partial charge on any atom is 0.270 e. The summed E-state index contributed by atoms with van der Waals surface area (Å²) in [5.74, 6) is 1.01. The van der Waals surface area contributed by atoms with E-state index in [9.17, 15) is 9.90 Å². The summed E-state index contributed by atoms with van der Waals surface area (Å²) in [4.78, 5) is 21.3. The van der Waals surface area contributed by atoms with Crippen LogP contribution in [0.5, 0.6) is 5.75 Å². The summed E-state index contributed by atoms with van der Waals surface area (Å²) in [6.45, 7) is 9.35. The number of phenolic OH excluding ortho intramolecular Hbond substituents is 1. The summed E-state index contributed by atoms with van der Waals surface area (Å²) in [5, 5.41) is 10.2. The first-order valence-corrected chi connectivity index (χ1v) is 11.5. The van der Waals surface area contributed by atoms with Gasteiger partial charge in [0.2, 0.25) is 0 Å². The average Bonchev–Trinajstić information content (AvgIpc) is 3.40. The van der Waals surface area contributed by atoms with Crippen LogP contribution in [0.4, 0.5) is 0 Å². The Morgan fingerprint density at radius 2 is 2.07 bits per heavy atom. The van der Waals surface area contributed by atoms with E-state index in [-0.39, 0.29) is 11.3 Å². The van der Waals surface area contributed by atoms with Crippen LogP contribution in [0.1, 0.15) is 59.1 Å². The van der Waals surface area contributed by atoms with Crippen molar-refractivity contribution in [1.29, 1.82) is 0 Å². The number of likely N-dealkylation sites (tertiary alicyclic amines) is 2. The van der Waals surface area contributed by atoms with E-state index >= 15 is 0 Å². The molecular formula is C25H33N3O2.